The Morgan fingerprint density at radius 2 is 1.86 bits per heavy atom. The summed E-state index contributed by atoms with van der Waals surface area (Å²) >= 11 is 0. The molecule has 1 aromatic carbocycles. The summed E-state index contributed by atoms with van der Waals surface area (Å²) in [5, 5.41) is 0. The number of hydrogen-bond acceptors (Lipinski definition) is 7. The van der Waals surface area contributed by atoms with Gasteiger partial charge >= 0.3 is 16.1 Å². The second kappa shape index (κ2) is 11.6. The summed E-state index contributed by atoms with van der Waals surface area (Å²) in [6, 6.07) is 4.69. The van der Waals surface area contributed by atoms with Crippen molar-refractivity contribution in [3.8, 4) is 5.75 Å². The Kier molecular flexibility index (Phi) is 10.2. The molecule has 0 fully saturated rings. The Morgan fingerprint density at radius 3 is 2.39 bits per heavy atom. The van der Waals surface area contributed by atoms with Gasteiger partial charge in [-0.25, -0.2) is 0 Å². The van der Waals surface area contributed by atoms with E-state index >= 15 is 0 Å². The zero-order valence-corrected chi connectivity index (χ0v) is 19.1. The molecule has 160 valence electrons. The normalized spacial score (nSPS) is 14.4. The molecule has 0 saturated heterocycles. The second-order valence-electron chi connectivity index (χ2n) is 6.91. The van der Waals surface area contributed by atoms with Crippen LogP contribution in [0.4, 0.5) is 0 Å². The highest BCUT2D eigenvalue weighted by Gasteiger charge is 2.32. The Labute approximate surface area is 169 Å². The van der Waals surface area contributed by atoms with Crippen LogP contribution in [0, 0.1) is 18.8 Å². The molecule has 28 heavy (non-hydrogen) atoms. The fourth-order valence-electron chi connectivity index (χ4n) is 2.78. The lowest BCUT2D eigenvalue weighted by atomic mass is 9.94. The van der Waals surface area contributed by atoms with Crippen LogP contribution in [0.5, 0.6) is 5.75 Å². The van der Waals surface area contributed by atoms with Crippen LogP contribution in [0.2, 0.25) is 0 Å². The van der Waals surface area contributed by atoms with Gasteiger partial charge < -0.3 is 14.0 Å². The Balaban J connectivity index is 3.04. The van der Waals surface area contributed by atoms with E-state index in [1.165, 1.54) is 6.07 Å². The number of aryl methyl sites for hydroxylation is 1. The van der Waals surface area contributed by atoms with Gasteiger partial charge in [-0.3, -0.25) is 8.98 Å². The molecule has 1 aromatic rings. The Hall–Kier alpha value is -1.37. The minimum atomic E-state index is -4.14. The van der Waals surface area contributed by atoms with Gasteiger partial charge in [0.1, 0.15) is 10.6 Å². The molecule has 0 spiro atoms. The van der Waals surface area contributed by atoms with Gasteiger partial charge in [-0.05, 0) is 50.8 Å². The number of carbonyl (C=O) groups excluding carboxylic acids is 1. The Bertz CT molecular complexity index is 762. The number of rotatable bonds is 12. The summed E-state index contributed by atoms with van der Waals surface area (Å²) in [4.78, 5) is 12.2. The maximum Gasteiger partial charge on any atom is 0.309 e. The fourth-order valence-corrected chi connectivity index (χ4v) is 4.66. The van der Waals surface area contributed by atoms with Crippen molar-refractivity contribution in [1.29, 1.82) is 0 Å². The summed E-state index contributed by atoms with van der Waals surface area (Å²) < 4.78 is 52.9. The molecule has 0 saturated carbocycles. The first-order valence-electron chi connectivity index (χ1n) is 9.41. The smallest absolute Gasteiger partial charge is 0.309 e. The molecule has 0 bridgehead atoms. The zero-order valence-electron chi connectivity index (χ0n) is 17.1. The van der Waals surface area contributed by atoms with Gasteiger partial charge in [-0.2, -0.15) is 8.42 Å². The van der Waals surface area contributed by atoms with Gasteiger partial charge in [0.05, 0.1) is 34.2 Å². The standard InChI is InChI=1S/C19H31O7PS/c1-6-24-16-11-14(5)8-9-18(16)28(22,23)26-12-17(27-21)15(10-13(3)4)19(20)25-7-2/h8-9,11,13,15,17H,6-7,10,12,27H2,1-5H3. The van der Waals surface area contributed by atoms with Gasteiger partial charge in [0.15, 0.2) is 0 Å². The number of esters is 1. The molecule has 0 amide bonds. The molecule has 9 heteroatoms. The number of carbonyl (C=O) groups is 1. The molecule has 0 radical (unpaired) electrons. The fraction of sp³-hybridized carbons (Fsp3) is 0.632. The van der Waals surface area contributed by atoms with E-state index in [0.29, 0.717) is 13.0 Å². The monoisotopic (exact) mass is 434 g/mol. The molecule has 3 atom stereocenters. The van der Waals surface area contributed by atoms with E-state index in [0.717, 1.165) is 5.56 Å². The lowest BCUT2D eigenvalue weighted by molar-refractivity contribution is -0.148. The lowest BCUT2D eigenvalue weighted by Gasteiger charge is -2.23. The van der Waals surface area contributed by atoms with Gasteiger partial charge in [0.2, 0.25) is 0 Å². The second-order valence-corrected chi connectivity index (χ2v) is 9.62. The number of benzene rings is 1. The third kappa shape index (κ3) is 7.22. The molecule has 0 N–H and O–H groups in total. The van der Waals surface area contributed by atoms with Crippen LogP contribution < -0.4 is 4.74 Å². The van der Waals surface area contributed by atoms with Crippen molar-refractivity contribution in [2.75, 3.05) is 19.8 Å². The summed E-state index contributed by atoms with van der Waals surface area (Å²) in [5.74, 6) is -0.790. The van der Waals surface area contributed by atoms with E-state index in [4.69, 9.17) is 13.7 Å². The van der Waals surface area contributed by atoms with Gasteiger partial charge in [-0.1, -0.05) is 19.9 Å². The summed E-state index contributed by atoms with van der Waals surface area (Å²) in [6.45, 7) is 9.29. The van der Waals surface area contributed by atoms with Crippen molar-refractivity contribution < 1.29 is 31.4 Å². The summed E-state index contributed by atoms with van der Waals surface area (Å²) in [7, 11) is -5.58. The van der Waals surface area contributed by atoms with Crippen LogP contribution in [0.3, 0.4) is 0 Å². The van der Waals surface area contributed by atoms with Gasteiger partial charge in [0.25, 0.3) is 0 Å². The first-order valence-corrected chi connectivity index (χ1v) is 12.0. The minimum absolute atomic E-state index is 0.0869. The third-order valence-electron chi connectivity index (χ3n) is 4.09. The maximum atomic E-state index is 12.7. The van der Waals surface area contributed by atoms with Gasteiger partial charge in [-0.15, -0.1) is 0 Å². The van der Waals surface area contributed by atoms with E-state index in [9.17, 15) is 17.8 Å². The highest BCUT2D eigenvalue weighted by Crippen LogP contribution is 2.30. The van der Waals surface area contributed by atoms with Crippen LogP contribution in [0.25, 0.3) is 0 Å². The van der Waals surface area contributed by atoms with Crippen molar-refractivity contribution in [3.05, 3.63) is 23.8 Å². The SMILES string of the molecule is CCOC(=O)C(CC(C)C)C(COS(=O)(=O)c1ccc(C)cc1OCC)[PH2]=O. The summed E-state index contributed by atoms with van der Waals surface area (Å²) in [5.41, 5.74) is 0.126. The first kappa shape index (κ1) is 24.7. The zero-order chi connectivity index (χ0) is 21.3. The average Bonchev–Trinajstić information content (AvgIpc) is 2.61. The van der Waals surface area contributed by atoms with Crippen molar-refractivity contribution in [2.24, 2.45) is 11.8 Å². The van der Waals surface area contributed by atoms with Crippen LogP contribution in [0.1, 0.15) is 39.7 Å². The number of ether oxygens (including phenoxy) is 2. The predicted octanol–water partition coefficient (Wildman–Crippen LogP) is 3.45. The van der Waals surface area contributed by atoms with Crippen molar-refractivity contribution in [3.63, 3.8) is 0 Å². The van der Waals surface area contributed by atoms with Crippen LogP contribution >= 0.6 is 8.46 Å². The van der Waals surface area contributed by atoms with Crippen LogP contribution in [0.15, 0.2) is 23.1 Å². The van der Waals surface area contributed by atoms with E-state index in [2.05, 4.69) is 0 Å². The predicted molar refractivity (Wildman–Crippen MR) is 109 cm³/mol. The third-order valence-corrected chi connectivity index (χ3v) is 6.42. The highest BCUT2D eigenvalue weighted by atomic mass is 32.2. The summed E-state index contributed by atoms with van der Waals surface area (Å²) in [6.07, 6.45) is 0.441. The molecule has 0 aliphatic heterocycles. The molecule has 0 heterocycles. The lowest BCUT2D eigenvalue weighted by Crippen LogP contribution is -2.32. The van der Waals surface area contributed by atoms with Crippen molar-refractivity contribution in [1.82, 2.24) is 0 Å². The largest absolute Gasteiger partial charge is 0.492 e. The Morgan fingerprint density at radius 1 is 1.18 bits per heavy atom. The first-order chi connectivity index (χ1) is 13.2. The average molecular weight is 434 g/mol. The molecular formula is C19H31O7PS. The topological polar surface area (TPSA) is 96.0 Å². The van der Waals surface area contributed by atoms with Crippen molar-refractivity contribution in [2.45, 2.75) is 51.6 Å². The van der Waals surface area contributed by atoms with Gasteiger partial charge in [0, 0.05) is 5.66 Å². The molecule has 1 rings (SSSR count). The molecule has 0 aliphatic rings. The molecule has 0 aromatic heterocycles. The van der Waals surface area contributed by atoms with Crippen molar-refractivity contribution >= 4 is 24.5 Å². The van der Waals surface area contributed by atoms with E-state index < -0.39 is 36.1 Å². The van der Waals surface area contributed by atoms with Crippen LogP contribution in [-0.2, 0) is 28.4 Å². The molecule has 0 aliphatic carbocycles. The van der Waals surface area contributed by atoms with E-state index in [1.807, 2.05) is 20.8 Å². The van der Waals surface area contributed by atoms with E-state index in [-0.39, 0.29) is 29.8 Å². The molecular weight excluding hydrogens is 403 g/mol. The van der Waals surface area contributed by atoms with E-state index in [1.54, 1.807) is 26.0 Å². The molecule has 7 nitrogen and oxygen atoms in total. The maximum absolute atomic E-state index is 12.7. The quantitative estimate of drug-likeness (QED) is 0.282. The minimum Gasteiger partial charge on any atom is -0.492 e. The number of hydrogen-bond donors (Lipinski definition) is 0. The van der Waals surface area contributed by atoms with Crippen LogP contribution in [-0.4, -0.2) is 39.9 Å². The highest BCUT2D eigenvalue weighted by molar-refractivity contribution is 7.86. The molecule has 3 unspecified atom stereocenters.